The molecule has 2 heterocycles. The largest absolute Gasteiger partial charge is 0.361 e. The van der Waals surface area contributed by atoms with E-state index < -0.39 is 0 Å². The second-order valence-corrected chi connectivity index (χ2v) is 8.57. The highest BCUT2D eigenvalue weighted by Crippen LogP contribution is 2.37. The van der Waals surface area contributed by atoms with Gasteiger partial charge in [-0.05, 0) is 66.8 Å². The number of hydrogen-bond acceptors (Lipinski definition) is 5. The Balaban J connectivity index is 1.34. The SMILES string of the molecule is Cc1noc(C)c1CSc1ncccc1C(=O)Nc1ccc2c(c1)Cc1ccccc1-2. The first-order chi connectivity index (χ1) is 15.1. The average Bonchev–Trinajstić information content (AvgIpc) is 3.31. The van der Waals surface area contributed by atoms with Crippen LogP contribution in [0.3, 0.4) is 0 Å². The number of amides is 1. The molecule has 1 N–H and O–H groups in total. The predicted octanol–water partition coefficient (Wildman–Crippen LogP) is 5.80. The van der Waals surface area contributed by atoms with Crippen LogP contribution in [0.1, 0.15) is 38.5 Å². The zero-order chi connectivity index (χ0) is 21.4. The molecule has 0 fully saturated rings. The molecule has 31 heavy (non-hydrogen) atoms. The summed E-state index contributed by atoms with van der Waals surface area (Å²) in [5, 5.41) is 7.73. The van der Waals surface area contributed by atoms with Crippen LogP contribution in [-0.2, 0) is 12.2 Å². The van der Waals surface area contributed by atoms with E-state index in [1.54, 1.807) is 18.3 Å². The van der Waals surface area contributed by atoms with Crippen LogP contribution in [0, 0.1) is 13.8 Å². The fourth-order valence-electron chi connectivity index (χ4n) is 3.95. The molecule has 2 aromatic carbocycles. The van der Waals surface area contributed by atoms with E-state index in [0.29, 0.717) is 16.3 Å². The van der Waals surface area contributed by atoms with Gasteiger partial charge in [-0.3, -0.25) is 4.79 Å². The molecule has 1 aliphatic carbocycles. The van der Waals surface area contributed by atoms with Crippen LogP contribution < -0.4 is 5.32 Å². The van der Waals surface area contributed by atoms with E-state index in [1.165, 1.54) is 34.0 Å². The minimum absolute atomic E-state index is 0.162. The number of nitrogens with zero attached hydrogens (tertiary/aromatic N) is 2. The lowest BCUT2D eigenvalue weighted by molar-refractivity contribution is 0.102. The fraction of sp³-hybridized carbons (Fsp3) is 0.160. The molecular weight excluding hydrogens is 406 g/mol. The Morgan fingerprint density at radius 3 is 2.74 bits per heavy atom. The van der Waals surface area contributed by atoms with Gasteiger partial charge in [-0.15, -0.1) is 11.8 Å². The van der Waals surface area contributed by atoms with E-state index in [0.717, 1.165) is 29.1 Å². The molecule has 0 bridgehead atoms. The number of nitrogens with one attached hydrogen (secondary N) is 1. The van der Waals surface area contributed by atoms with Gasteiger partial charge in [-0.2, -0.15) is 0 Å². The van der Waals surface area contributed by atoms with Crippen molar-refractivity contribution in [3.8, 4) is 11.1 Å². The fourth-order valence-corrected chi connectivity index (χ4v) is 5.09. The Morgan fingerprint density at radius 2 is 1.90 bits per heavy atom. The number of rotatable bonds is 5. The highest BCUT2D eigenvalue weighted by atomic mass is 32.2. The van der Waals surface area contributed by atoms with Crippen molar-refractivity contribution in [1.29, 1.82) is 0 Å². The summed E-state index contributed by atoms with van der Waals surface area (Å²) in [6, 6.07) is 18.2. The second kappa shape index (κ2) is 8.04. The van der Waals surface area contributed by atoms with Crippen molar-refractivity contribution in [1.82, 2.24) is 10.1 Å². The predicted molar refractivity (Wildman–Crippen MR) is 122 cm³/mol. The number of carbonyl (C=O) groups excluding carboxylic acids is 1. The first-order valence-corrected chi connectivity index (χ1v) is 11.1. The van der Waals surface area contributed by atoms with Gasteiger partial charge in [0.25, 0.3) is 5.91 Å². The van der Waals surface area contributed by atoms with Gasteiger partial charge in [0.2, 0.25) is 0 Å². The molecule has 0 atom stereocenters. The molecule has 5 nitrogen and oxygen atoms in total. The van der Waals surface area contributed by atoms with Crippen LogP contribution in [-0.4, -0.2) is 16.0 Å². The van der Waals surface area contributed by atoms with E-state index >= 15 is 0 Å². The lowest BCUT2D eigenvalue weighted by Crippen LogP contribution is -2.13. The van der Waals surface area contributed by atoms with Crippen molar-refractivity contribution in [3.05, 3.63) is 94.5 Å². The molecule has 5 rings (SSSR count). The van der Waals surface area contributed by atoms with Crippen molar-refractivity contribution in [2.24, 2.45) is 0 Å². The number of hydrogen-bond donors (Lipinski definition) is 1. The van der Waals surface area contributed by atoms with Crippen LogP contribution in [0.5, 0.6) is 0 Å². The van der Waals surface area contributed by atoms with Crippen LogP contribution in [0.2, 0.25) is 0 Å². The quantitative estimate of drug-likeness (QED) is 0.359. The first-order valence-electron chi connectivity index (χ1n) is 10.1. The van der Waals surface area contributed by atoms with Gasteiger partial charge in [0, 0.05) is 23.2 Å². The molecular formula is C25H21N3O2S. The molecule has 2 aromatic heterocycles. The third-order valence-electron chi connectivity index (χ3n) is 5.60. The minimum Gasteiger partial charge on any atom is -0.361 e. The van der Waals surface area contributed by atoms with E-state index in [-0.39, 0.29) is 5.91 Å². The highest BCUT2D eigenvalue weighted by molar-refractivity contribution is 7.98. The first kappa shape index (κ1) is 19.6. The summed E-state index contributed by atoms with van der Waals surface area (Å²) in [6.45, 7) is 3.82. The van der Waals surface area contributed by atoms with Crippen LogP contribution in [0.25, 0.3) is 11.1 Å². The molecule has 0 saturated heterocycles. The molecule has 1 amide bonds. The highest BCUT2D eigenvalue weighted by Gasteiger charge is 2.20. The zero-order valence-corrected chi connectivity index (χ0v) is 18.1. The summed E-state index contributed by atoms with van der Waals surface area (Å²) in [5.74, 6) is 1.28. The third-order valence-corrected chi connectivity index (χ3v) is 6.63. The van der Waals surface area contributed by atoms with Crippen molar-refractivity contribution < 1.29 is 9.32 Å². The van der Waals surface area contributed by atoms with Gasteiger partial charge in [0.05, 0.1) is 11.3 Å². The van der Waals surface area contributed by atoms with Gasteiger partial charge in [0.15, 0.2) is 0 Å². The monoisotopic (exact) mass is 427 g/mol. The topological polar surface area (TPSA) is 68.0 Å². The summed E-state index contributed by atoms with van der Waals surface area (Å²) in [5.41, 5.74) is 8.34. The third kappa shape index (κ3) is 3.75. The summed E-state index contributed by atoms with van der Waals surface area (Å²) >= 11 is 1.51. The number of thioether (sulfide) groups is 1. The summed E-state index contributed by atoms with van der Waals surface area (Å²) in [7, 11) is 0. The summed E-state index contributed by atoms with van der Waals surface area (Å²) in [6.07, 6.45) is 2.60. The lowest BCUT2D eigenvalue weighted by atomic mass is 10.1. The van der Waals surface area contributed by atoms with Crippen LogP contribution in [0.15, 0.2) is 70.3 Å². The standard InChI is InChI=1S/C25H21N3O2S/c1-15-23(16(2)30-28-15)14-31-25-22(8-5-11-26-25)24(29)27-19-9-10-21-18(13-19)12-17-6-3-4-7-20(17)21/h3-11,13H,12,14H2,1-2H3,(H,27,29). The molecule has 0 radical (unpaired) electrons. The van der Waals surface area contributed by atoms with E-state index in [2.05, 4.69) is 51.9 Å². The van der Waals surface area contributed by atoms with Crippen LogP contribution in [0.4, 0.5) is 5.69 Å². The van der Waals surface area contributed by atoms with Gasteiger partial charge in [-0.1, -0.05) is 35.5 Å². The number of carbonyl (C=O) groups is 1. The molecule has 154 valence electrons. The maximum absolute atomic E-state index is 13.1. The van der Waals surface area contributed by atoms with Gasteiger partial charge < -0.3 is 9.84 Å². The molecule has 1 aliphatic rings. The van der Waals surface area contributed by atoms with Gasteiger partial charge >= 0.3 is 0 Å². The van der Waals surface area contributed by atoms with Gasteiger partial charge in [0.1, 0.15) is 10.8 Å². The Morgan fingerprint density at radius 1 is 1.06 bits per heavy atom. The van der Waals surface area contributed by atoms with Crippen LogP contribution >= 0.6 is 11.8 Å². The minimum atomic E-state index is -0.162. The molecule has 6 heteroatoms. The Kier molecular flexibility index (Phi) is 5.08. The molecule has 0 unspecified atom stereocenters. The Labute approximate surface area is 184 Å². The molecule has 4 aromatic rings. The van der Waals surface area contributed by atoms with E-state index in [1.807, 2.05) is 19.9 Å². The smallest absolute Gasteiger partial charge is 0.258 e. The van der Waals surface area contributed by atoms with E-state index in [9.17, 15) is 4.79 Å². The molecule has 0 aliphatic heterocycles. The van der Waals surface area contributed by atoms with Crippen molar-refractivity contribution in [2.45, 2.75) is 31.0 Å². The number of fused-ring (bicyclic) bond motifs is 3. The Bertz CT molecular complexity index is 1280. The van der Waals surface area contributed by atoms with Crippen molar-refractivity contribution in [3.63, 3.8) is 0 Å². The Hall–Kier alpha value is -3.38. The maximum atomic E-state index is 13.1. The molecule has 0 saturated carbocycles. The van der Waals surface area contributed by atoms with Crippen molar-refractivity contribution in [2.75, 3.05) is 5.32 Å². The zero-order valence-electron chi connectivity index (χ0n) is 17.3. The second-order valence-electron chi connectivity index (χ2n) is 7.61. The average molecular weight is 428 g/mol. The van der Waals surface area contributed by atoms with E-state index in [4.69, 9.17) is 4.52 Å². The number of anilines is 1. The maximum Gasteiger partial charge on any atom is 0.258 e. The lowest BCUT2D eigenvalue weighted by Gasteiger charge is -2.10. The number of pyridine rings is 1. The summed E-state index contributed by atoms with van der Waals surface area (Å²) in [4.78, 5) is 17.5. The van der Waals surface area contributed by atoms with Gasteiger partial charge in [-0.25, -0.2) is 4.98 Å². The number of benzene rings is 2. The number of aromatic nitrogens is 2. The summed E-state index contributed by atoms with van der Waals surface area (Å²) < 4.78 is 5.24. The molecule has 0 spiro atoms. The van der Waals surface area contributed by atoms with Crippen molar-refractivity contribution >= 4 is 23.4 Å². The normalized spacial score (nSPS) is 11.8. The number of aryl methyl sites for hydroxylation is 2.